The van der Waals surface area contributed by atoms with Gasteiger partial charge in [0.2, 0.25) is 0 Å². The molecular formula is C15H35Tl. The van der Waals surface area contributed by atoms with Gasteiger partial charge in [-0.05, 0) is 55.8 Å². The number of rotatable bonds is 4. The van der Waals surface area contributed by atoms with Crippen molar-refractivity contribution in [3.63, 3.8) is 0 Å². The van der Waals surface area contributed by atoms with E-state index in [0.717, 1.165) is 23.7 Å². The monoisotopic (exact) mass is 420 g/mol. The van der Waals surface area contributed by atoms with Gasteiger partial charge in [0.1, 0.15) is 0 Å². The number of hydrogen-bond donors (Lipinski definition) is 0. The molecule has 1 heteroatoms. The van der Waals surface area contributed by atoms with Crippen molar-refractivity contribution in [3.05, 3.63) is 0 Å². The van der Waals surface area contributed by atoms with Crippen LogP contribution in [0.4, 0.5) is 0 Å². The van der Waals surface area contributed by atoms with Crippen LogP contribution in [0.5, 0.6) is 0 Å². The van der Waals surface area contributed by atoms with Gasteiger partial charge in [-0.1, -0.05) is 41.5 Å². The molecule has 16 heavy (non-hydrogen) atoms. The third-order valence-electron chi connectivity index (χ3n) is 4.49. The molecule has 0 aromatic heterocycles. The molecule has 0 atom stereocenters. The SMILES string of the molecule is C.C.CCC1CC(CC2CC(CC)C2)C1.[TlH3]. The van der Waals surface area contributed by atoms with E-state index in [-0.39, 0.29) is 42.2 Å². The Balaban J connectivity index is 0. The van der Waals surface area contributed by atoms with Gasteiger partial charge in [-0.15, -0.1) is 0 Å². The molecule has 2 aliphatic carbocycles. The van der Waals surface area contributed by atoms with Gasteiger partial charge in [0.05, 0.1) is 0 Å². The maximum absolute atomic E-state index is 2.34. The normalized spacial score (nSPS) is 35.6. The summed E-state index contributed by atoms with van der Waals surface area (Å²) in [6.45, 7) is 4.69. The van der Waals surface area contributed by atoms with Crippen molar-refractivity contribution in [2.24, 2.45) is 23.7 Å². The first kappa shape index (κ1) is 19.3. The minimum atomic E-state index is 0. The zero-order chi connectivity index (χ0) is 9.26. The van der Waals surface area contributed by atoms with E-state index in [9.17, 15) is 0 Å². The van der Waals surface area contributed by atoms with E-state index >= 15 is 0 Å². The summed E-state index contributed by atoms with van der Waals surface area (Å²) in [4.78, 5) is 0. The van der Waals surface area contributed by atoms with Crippen LogP contribution in [-0.4, -0.2) is 27.3 Å². The second-order valence-electron chi connectivity index (χ2n) is 5.46. The van der Waals surface area contributed by atoms with Gasteiger partial charge >= 0.3 is 27.3 Å². The molecule has 98 valence electrons. The van der Waals surface area contributed by atoms with Gasteiger partial charge in [0, 0.05) is 0 Å². The molecule has 2 saturated carbocycles. The first-order valence-electron chi connectivity index (χ1n) is 6.31. The summed E-state index contributed by atoms with van der Waals surface area (Å²) < 4.78 is 0. The van der Waals surface area contributed by atoms with Gasteiger partial charge in [-0.25, -0.2) is 0 Å². The van der Waals surface area contributed by atoms with Crippen LogP contribution in [0.25, 0.3) is 0 Å². The van der Waals surface area contributed by atoms with Gasteiger partial charge in [0.25, 0.3) is 0 Å². The zero-order valence-corrected chi connectivity index (χ0v) is 9.26. The fraction of sp³-hybridized carbons (Fsp3) is 1.00. The molecule has 2 rings (SSSR count). The summed E-state index contributed by atoms with van der Waals surface area (Å²) in [5.41, 5.74) is 0. The first-order valence-corrected chi connectivity index (χ1v) is 6.31. The van der Waals surface area contributed by atoms with Crippen molar-refractivity contribution < 1.29 is 0 Å². The van der Waals surface area contributed by atoms with Gasteiger partial charge in [-0.3, -0.25) is 0 Å². The summed E-state index contributed by atoms with van der Waals surface area (Å²) in [6, 6.07) is 0. The van der Waals surface area contributed by atoms with E-state index in [4.69, 9.17) is 0 Å². The van der Waals surface area contributed by atoms with Crippen molar-refractivity contribution in [1.29, 1.82) is 0 Å². The van der Waals surface area contributed by atoms with Crippen molar-refractivity contribution in [2.45, 2.75) is 73.6 Å². The Morgan fingerprint density at radius 1 is 0.688 bits per heavy atom. The van der Waals surface area contributed by atoms with Crippen LogP contribution in [0, 0.1) is 23.7 Å². The van der Waals surface area contributed by atoms with Gasteiger partial charge < -0.3 is 0 Å². The molecule has 0 aliphatic heterocycles. The topological polar surface area (TPSA) is 0 Å². The summed E-state index contributed by atoms with van der Waals surface area (Å²) >= 11 is 0. The Kier molecular flexibility index (Phi) is 10.8. The van der Waals surface area contributed by atoms with Crippen molar-refractivity contribution >= 4 is 27.3 Å². The van der Waals surface area contributed by atoms with E-state index in [1.807, 2.05) is 0 Å². The fourth-order valence-corrected chi connectivity index (χ4v) is 3.27. The molecule has 0 heterocycles. The van der Waals surface area contributed by atoms with Crippen LogP contribution >= 0.6 is 0 Å². The van der Waals surface area contributed by atoms with E-state index in [2.05, 4.69) is 13.8 Å². The standard InChI is InChI=1S/C13H24.2CH4.Tl.3H/c1-3-10-5-12(6-10)9-13-7-11(4-2)8-13;;;;;;/h10-13H,3-9H2,1-2H3;2*1H4;;;;. The molecular weight excluding hydrogens is 385 g/mol. The third kappa shape index (κ3) is 4.66. The minimum absolute atomic E-state index is 0. The summed E-state index contributed by atoms with van der Waals surface area (Å²) in [5.74, 6) is 4.47. The Bertz CT molecular complexity index is 137. The first-order chi connectivity index (χ1) is 6.31. The second kappa shape index (κ2) is 8.93. The van der Waals surface area contributed by atoms with Crippen molar-refractivity contribution in [2.75, 3.05) is 0 Å². The molecule has 0 aromatic rings. The fourth-order valence-electron chi connectivity index (χ4n) is 3.27. The molecule has 0 N–H and O–H groups in total. The molecule has 2 fully saturated rings. The van der Waals surface area contributed by atoms with E-state index < -0.39 is 0 Å². The molecule has 0 amide bonds. The van der Waals surface area contributed by atoms with Crippen molar-refractivity contribution in [3.8, 4) is 0 Å². The second-order valence-corrected chi connectivity index (χ2v) is 5.46. The maximum atomic E-state index is 2.34. The van der Waals surface area contributed by atoms with Crippen LogP contribution < -0.4 is 0 Å². The quantitative estimate of drug-likeness (QED) is 0.595. The molecule has 0 bridgehead atoms. The third-order valence-corrected chi connectivity index (χ3v) is 4.49. The Morgan fingerprint density at radius 2 is 1.00 bits per heavy atom. The Morgan fingerprint density at radius 3 is 1.25 bits per heavy atom. The molecule has 0 nitrogen and oxygen atoms in total. The molecule has 0 aromatic carbocycles. The van der Waals surface area contributed by atoms with Crippen LogP contribution in [0.3, 0.4) is 0 Å². The molecule has 1 radical (unpaired) electrons. The summed E-state index contributed by atoms with van der Waals surface area (Å²) in [7, 11) is 0. The van der Waals surface area contributed by atoms with Crippen LogP contribution in [0.15, 0.2) is 0 Å². The van der Waals surface area contributed by atoms with Crippen molar-refractivity contribution in [1.82, 2.24) is 0 Å². The average Bonchev–Trinajstić information content (AvgIpc) is 1.99. The summed E-state index contributed by atoms with van der Waals surface area (Å²) in [5, 5.41) is 0. The van der Waals surface area contributed by atoms with Crippen LogP contribution in [-0.2, 0) is 0 Å². The molecule has 0 unspecified atom stereocenters. The number of hydrogen-bond acceptors (Lipinski definition) is 0. The van der Waals surface area contributed by atoms with Gasteiger partial charge in [-0.2, -0.15) is 0 Å². The Hall–Kier alpha value is 0.922. The average molecular weight is 420 g/mol. The van der Waals surface area contributed by atoms with E-state index in [1.54, 1.807) is 32.1 Å². The predicted octanol–water partition coefficient (Wildman–Crippen LogP) is 4.34. The van der Waals surface area contributed by atoms with Gasteiger partial charge in [0.15, 0.2) is 0 Å². The summed E-state index contributed by atoms with van der Waals surface area (Å²) in [6.07, 6.45) is 10.7. The Labute approximate surface area is 124 Å². The zero-order valence-electron chi connectivity index (χ0n) is 9.26. The molecule has 2 aliphatic rings. The van der Waals surface area contributed by atoms with Crippen LogP contribution in [0.1, 0.15) is 73.6 Å². The van der Waals surface area contributed by atoms with E-state index in [0.29, 0.717) is 0 Å². The molecule has 0 saturated heterocycles. The van der Waals surface area contributed by atoms with E-state index in [1.165, 1.54) is 12.8 Å². The molecule has 0 spiro atoms. The predicted molar refractivity (Wildman–Crippen MR) is 81.0 cm³/mol. The van der Waals surface area contributed by atoms with Crippen LogP contribution in [0.2, 0.25) is 0 Å².